The van der Waals surface area contributed by atoms with Gasteiger partial charge in [0.2, 0.25) is 0 Å². The zero-order valence-electron chi connectivity index (χ0n) is 17.3. The normalized spacial score (nSPS) is 29.9. The fraction of sp³-hybridized carbons (Fsp3) is 0.773. The highest BCUT2D eigenvalue weighted by Gasteiger charge is 2.50. The van der Waals surface area contributed by atoms with Gasteiger partial charge in [0, 0.05) is 6.42 Å². The minimum atomic E-state index is -1.85. The lowest BCUT2D eigenvalue weighted by Crippen LogP contribution is -2.46. The molecule has 1 fully saturated rings. The fourth-order valence-electron chi connectivity index (χ4n) is 4.56. The topological polar surface area (TPSA) is 26.3 Å². The predicted octanol–water partition coefficient (Wildman–Crippen LogP) is 6.19. The van der Waals surface area contributed by atoms with Gasteiger partial charge in [0.05, 0.1) is 6.10 Å². The highest BCUT2D eigenvalue weighted by Crippen LogP contribution is 2.53. The van der Waals surface area contributed by atoms with Crippen LogP contribution in [-0.2, 0) is 9.22 Å². The molecular formula is C22H36O2Si. The minimum Gasteiger partial charge on any atom is -0.410 e. The SMILES string of the molecule is CC1(C)C[C@@H]2CC(=O)C3=C(C=C2C1O[Si](C)(C)C(C)(C)C)CCCC3. The van der Waals surface area contributed by atoms with Crippen LogP contribution in [0.15, 0.2) is 22.8 Å². The van der Waals surface area contributed by atoms with Crippen LogP contribution in [0.2, 0.25) is 18.1 Å². The lowest BCUT2D eigenvalue weighted by molar-refractivity contribution is -0.116. The van der Waals surface area contributed by atoms with E-state index in [1.165, 1.54) is 24.0 Å². The molecule has 3 aliphatic carbocycles. The van der Waals surface area contributed by atoms with Crippen molar-refractivity contribution in [3.8, 4) is 0 Å². The first-order valence-corrected chi connectivity index (χ1v) is 13.0. The van der Waals surface area contributed by atoms with Gasteiger partial charge < -0.3 is 4.43 Å². The standard InChI is InChI=1S/C22H36O2Si/c1-21(2,3)25(6,7)24-20-18-12-15-10-8-9-11-17(15)19(23)13-16(18)14-22(20,4)5/h12,16,20H,8-11,13-14H2,1-7H3/t16-,20?/m0/s1. The molecule has 25 heavy (non-hydrogen) atoms. The molecule has 1 unspecified atom stereocenters. The number of fused-ring (bicyclic) bond motifs is 1. The number of hydrogen-bond donors (Lipinski definition) is 0. The maximum Gasteiger partial charge on any atom is 0.192 e. The van der Waals surface area contributed by atoms with E-state index in [-0.39, 0.29) is 16.6 Å². The summed E-state index contributed by atoms with van der Waals surface area (Å²) < 4.78 is 6.96. The monoisotopic (exact) mass is 360 g/mol. The molecule has 3 heteroatoms. The van der Waals surface area contributed by atoms with Gasteiger partial charge in [-0.15, -0.1) is 0 Å². The van der Waals surface area contributed by atoms with Crippen molar-refractivity contribution in [2.24, 2.45) is 11.3 Å². The number of allylic oxidation sites excluding steroid dienone is 3. The summed E-state index contributed by atoms with van der Waals surface area (Å²) >= 11 is 0. The van der Waals surface area contributed by atoms with Crippen LogP contribution in [0.1, 0.15) is 73.1 Å². The molecule has 140 valence electrons. The van der Waals surface area contributed by atoms with E-state index >= 15 is 0 Å². The molecule has 0 radical (unpaired) electrons. The Hall–Kier alpha value is -0.673. The van der Waals surface area contributed by atoms with Crippen LogP contribution in [0.3, 0.4) is 0 Å². The Labute approximate surface area is 155 Å². The Morgan fingerprint density at radius 2 is 1.80 bits per heavy atom. The molecule has 0 spiro atoms. The summed E-state index contributed by atoms with van der Waals surface area (Å²) in [6.07, 6.45) is 8.80. The number of ketones is 1. The Bertz CT molecular complexity index is 631. The largest absolute Gasteiger partial charge is 0.410 e. The maximum atomic E-state index is 12.8. The Morgan fingerprint density at radius 3 is 2.44 bits per heavy atom. The molecule has 0 bridgehead atoms. The molecule has 1 saturated carbocycles. The molecule has 0 amide bonds. The van der Waals surface area contributed by atoms with Crippen molar-refractivity contribution >= 4 is 14.1 Å². The molecule has 0 N–H and O–H groups in total. The van der Waals surface area contributed by atoms with Crippen LogP contribution < -0.4 is 0 Å². The van der Waals surface area contributed by atoms with E-state index in [1.54, 1.807) is 0 Å². The van der Waals surface area contributed by atoms with E-state index < -0.39 is 8.32 Å². The van der Waals surface area contributed by atoms with Crippen molar-refractivity contribution in [2.45, 2.75) is 97.4 Å². The average Bonchev–Trinajstić information content (AvgIpc) is 2.62. The van der Waals surface area contributed by atoms with Crippen LogP contribution >= 0.6 is 0 Å². The lowest BCUT2D eigenvalue weighted by atomic mass is 9.85. The molecule has 2 atom stereocenters. The van der Waals surface area contributed by atoms with E-state index in [4.69, 9.17) is 4.43 Å². The Kier molecular flexibility index (Phi) is 4.73. The number of Topliss-reactive ketones (excluding diaryl/α,β-unsaturated/α-hetero) is 1. The third kappa shape index (κ3) is 3.47. The summed E-state index contributed by atoms with van der Waals surface area (Å²) in [5.74, 6) is 0.789. The van der Waals surface area contributed by atoms with Gasteiger partial charge in [-0.05, 0) is 78.3 Å². The zero-order valence-corrected chi connectivity index (χ0v) is 18.3. The van der Waals surface area contributed by atoms with Crippen molar-refractivity contribution in [3.05, 3.63) is 22.8 Å². The van der Waals surface area contributed by atoms with Crippen LogP contribution in [0.25, 0.3) is 0 Å². The molecular weight excluding hydrogens is 324 g/mol. The second kappa shape index (κ2) is 6.19. The molecule has 2 nitrogen and oxygen atoms in total. The molecule has 0 aromatic rings. The van der Waals surface area contributed by atoms with Crippen molar-refractivity contribution < 1.29 is 9.22 Å². The smallest absolute Gasteiger partial charge is 0.192 e. The summed E-state index contributed by atoms with van der Waals surface area (Å²) in [6, 6.07) is 0. The van der Waals surface area contributed by atoms with Crippen LogP contribution in [-0.4, -0.2) is 20.2 Å². The first-order chi connectivity index (χ1) is 11.4. The van der Waals surface area contributed by atoms with Crippen LogP contribution in [0.4, 0.5) is 0 Å². The quantitative estimate of drug-likeness (QED) is 0.549. The van der Waals surface area contributed by atoms with Crippen LogP contribution in [0, 0.1) is 11.3 Å². The first-order valence-electron chi connectivity index (χ1n) is 10.1. The van der Waals surface area contributed by atoms with Gasteiger partial charge in [-0.25, -0.2) is 0 Å². The number of rotatable bonds is 2. The van der Waals surface area contributed by atoms with Gasteiger partial charge in [-0.2, -0.15) is 0 Å². The van der Waals surface area contributed by atoms with Gasteiger partial charge in [0.25, 0.3) is 0 Å². The van der Waals surface area contributed by atoms with E-state index in [9.17, 15) is 4.79 Å². The molecule has 0 aliphatic heterocycles. The third-order valence-electron chi connectivity index (χ3n) is 7.09. The number of carbonyl (C=O) groups excluding carboxylic acids is 1. The first kappa shape index (κ1) is 19.1. The zero-order chi connectivity index (χ0) is 18.6. The number of carbonyl (C=O) groups is 1. The van der Waals surface area contributed by atoms with E-state index in [0.29, 0.717) is 18.1 Å². The van der Waals surface area contributed by atoms with Gasteiger partial charge in [0.15, 0.2) is 14.1 Å². The van der Waals surface area contributed by atoms with Crippen molar-refractivity contribution in [3.63, 3.8) is 0 Å². The third-order valence-corrected chi connectivity index (χ3v) is 11.5. The lowest BCUT2D eigenvalue weighted by Gasteiger charge is -2.42. The Balaban J connectivity index is 1.99. The Morgan fingerprint density at radius 1 is 1.16 bits per heavy atom. The van der Waals surface area contributed by atoms with Crippen molar-refractivity contribution in [1.82, 2.24) is 0 Å². The van der Waals surface area contributed by atoms with Crippen LogP contribution in [0.5, 0.6) is 0 Å². The van der Waals surface area contributed by atoms with Crippen molar-refractivity contribution in [2.75, 3.05) is 0 Å². The molecule has 0 aromatic heterocycles. The molecule has 3 aliphatic rings. The average molecular weight is 361 g/mol. The molecule has 0 saturated heterocycles. The molecule has 0 aromatic carbocycles. The molecule has 0 heterocycles. The van der Waals surface area contributed by atoms with Gasteiger partial charge in [-0.3, -0.25) is 4.79 Å². The summed E-state index contributed by atoms with van der Waals surface area (Å²) in [5, 5.41) is 0.206. The van der Waals surface area contributed by atoms with E-state index in [2.05, 4.69) is 53.8 Å². The second-order valence-electron chi connectivity index (χ2n) is 10.6. The van der Waals surface area contributed by atoms with Gasteiger partial charge in [-0.1, -0.05) is 40.7 Å². The predicted molar refractivity (Wildman–Crippen MR) is 107 cm³/mol. The summed E-state index contributed by atoms with van der Waals surface area (Å²) in [4.78, 5) is 12.8. The van der Waals surface area contributed by atoms with E-state index in [0.717, 1.165) is 24.8 Å². The second-order valence-corrected chi connectivity index (χ2v) is 15.4. The van der Waals surface area contributed by atoms with E-state index in [1.807, 2.05) is 0 Å². The highest BCUT2D eigenvalue weighted by molar-refractivity contribution is 6.74. The minimum absolute atomic E-state index is 0.110. The highest BCUT2D eigenvalue weighted by atomic mass is 28.4. The maximum absolute atomic E-state index is 12.8. The van der Waals surface area contributed by atoms with Crippen molar-refractivity contribution in [1.29, 1.82) is 0 Å². The summed E-state index contributed by atoms with van der Waals surface area (Å²) in [6.45, 7) is 16.3. The fourth-order valence-corrected chi connectivity index (χ4v) is 5.96. The molecule has 3 rings (SSSR count). The van der Waals surface area contributed by atoms with Gasteiger partial charge >= 0.3 is 0 Å². The van der Waals surface area contributed by atoms with Gasteiger partial charge in [0.1, 0.15) is 0 Å². The number of hydrogen-bond acceptors (Lipinski definition) is 2. The summed E-state index contributed by atoms with van der Waals surface area (Å²) in [5.41, 5.74) is 4.00. The summed E-state index contributed by atoms with van der Waals surface area (Å²) in [7, 11) is -1.85.